The van der Waals surface area contributed by atoms with E-state index in [1.807, 2.05) is 30.3 Å². The molecule has 2 heterocycles. The van der Waals surface area contributed by atoms with Crippen LogP contribution in [0.3, 0.4) is 0 Å². The number of aromatic nitrogens is 5. The van der Waals surface area contributed by atoms with Crippen LogP contribution in [-0.2, 0) is 7.05 Å². The summed E-state index contributed by atoms with van der Waals surface area (Å²) in [4.78, 5) is 11.8. The minimum absolute atomic E-state index is 0.197. The van der Waals surface area contributed by atoms with Crippen molar-refractivity contribution in [2.75, 3.05) is 0 Å². The van der Waals surface area contributed by atoms with Gasteiger partial charge in [-0.25, -0.2) is 9.36 Å². The summed E-state index contributed by atoms with van der Waals surface area (Å²) < 4.78 is 2.79. The first kappa shape index (κ1) is 9.71. The van der Waals surface area contributed by atoms with Crippen molar-refractivity contribution in [3.05, 3.63) is 46.9 Å². The Bertz CT molecular complexity index is 728. The van der Waals surface area contributed by atoms with Crippen LogP contribution in [0.15, 0.2) is 41.3 Å². The summed E-state index contributed by atoms with van der Waals surface area (Å²) in [5.41, 5.74) is 1.13. The molecule has 0 saturated heterocycles. The number of hydrogen-bond donors (Lipinski definition) is 0. The summed E-state index contributed by atoms with van der Waals surface area (Å²) in [7, 11) is 1.56. The van der Waals surface area contributed by atoms with Gasteiger partial charge in [0.2, 0.25) is 0 Å². The Labute approximate surface area is 96.1 Å². The normalized spacial score (nSPS) is 10.9. The van der Waals surface area contributed by atoms with Gasteiger partial charge in [-0.1, -0.05) is 23.4 Å². The van der Waals surface area contributed by atoms with Crippen LogP contribution in [0.1, 0.15) is 0 Å². The molecule has 0 N–H and O–H groups in total. The molecule has 0 aliphatic heterocycles. The first-order valence-corrected chi connectivity index (χ1v) is 5.10. The number of hydrogen-bond acceptors (Lipinski definition) is 4. The van der Waals surface area contributed by atoms with Gasteiger partial charge in [-0.2, -0.15) is 5.10 Å². The van der Waals surface area contributed by atoms with Crippen molar-refractivity contribution < 1.29 is 0 Å². The van der Waals surface area contributed by atoms with Crippen LogP contribution >= 0.6 is 0 Å². The van der Waals surface area contributed by atoms with Gasteiger partial charge in [-0.05, 0) is 12.1 Å². The Morgan fingerprint density at radius 3 is 2.71 bits per heavy atom. The SMILES string of the molecule is Cn1nnc2c(cnn2-c2ccccc2)c1=O. The minimum atomic E-state index is -0.197. The van der Waals surface area contributed by atoms with E-state index >= 15 is 0 Å². The molecule has 84 valence electrons. The predicted octanol–water partition coefficient (Wildman–Crippen LogP) is 0.514. The zero-order valence-electron chi connectivity index (χ0n) is 9.11. The molecular formula is C11H9N5O. The molecule has 6 nitrogen and oxygen atoms in total. The average molecular weight is 227 g/mol. The predicted molar refractivity (Wildman–Crippen MR) is 61.9 cm³/mol. The number of para-hydroxylation sites is 1. The number of nitrogens with zero attached hydrogens (tertiary/aromatic N) is 5. The summed E-state index contributed by atoms with van der Waals surface area (Å²) >= 11 is 0. The van der Waals surface area contributed by atoms with E-state index in [0.29, 0.717) is 11.0 Å². The van der Waals surface area contributed by atoms with Gasteiger partial charge in [-0.3, -0.25) is 4.79 Å². The molecule has 2 aromatic heterocycles. The lowest BCUT2D eigenvalue weighted by Crippen LogP contribution is -2.20. The average Bonchev–Trinajstić information content (AvgIpc) is 2.79. The molecule has 0 radical (unpaired) electrons. The zero-order chi connectivity index (χ0) is 11.8. The van der Waals surface area contributed by atoms with Crippen molar-refractivity contribution in [2.24, 2.45) is 7.05 Å². The van der Waals surface area contributed by atoms with E-state index in [9.17, 15) is 4.79 Å². The molecule has 17 heavy (non-hydrogen) atoms. The third kappa shape index (κ3) is 1.42. The van der Waals surface area contributed by atoms with Crippen molar-refractivity contribution in [3.8, 4) is 5.69 Å². The third-order valence-electron chi connectivity index (χ3n) is 2.54. The van der Waals surface area contributed by atoms with Crippen LogP contribution in [0.25, 0.3) is 16.7 Å². The molecule has 0 spiro atoms. The summed E-state index contributed by atoms with van der Waals surface area (Å²) in [6, 6.07) is 9.51. The lowest BCUT2D eigenvalue weighted by molar-refractivity contribution is 0.651. The van der Waals surface area contributed by atoms with Crippen molar-refractivity contribution in [1.82, 2.24) is 24.8 Å². The van der Waals surface area contributed by atoms with Crippen molar-refractivity contribution in [1.29, 1.82) is 0 Å². The van der Waals surface area contributed by atoms with E-state index in [1.54, 1.807) is 11.7 Å². The Morgan fingerprint density at radius 2 is 1.94 bits per heavy atom. The van der Waals surface area contributed by atoms with Crippen LogP contribution in [-0.4, -0.2) is 24.8 Å². The smallest absolute Gasteiger partial charge is 0.267 e. The van der Waals surface area contributed by atoms with E-state index in [4.69, 9.17) is 0 Å². The van der Waals surface area contributed by atoms with Crippen LogP contribution in [0.4, 0.5) is 0 Å². The Kier molecular flexibility index (Phi) is 2.01. The second-order valence-corrected chi connectivity index (χ2v) is 3.65. The molecule has 0 unspecified atom stereocenters. The van der Waals surface area contributed by atoms with E-state index in [1.165, 1.54) is 10.9 Å². The summed E-state index contributed by atoms with van der Waals surface area (Å²) in [6.45, 7) is 0. The van der Waals surface area contributed by atoms with Crippen LogP contribution < -0.4 is 5.56 Å². The van der Waals surface area contributed by atoms with Gasteiger partial charge in [0.15, 0.2) is 5.65 Å². The van der Waals surface area contributed by atoms with E-state index in [2.05, 4.69) is 15.4 Å². The van der Waals surface area contributed by atoms with E-state index < -0.39 is 0 Å². The zero-order valence-corrected chi connectivity index (χ0v) is 9.11. The van der Waals surface area contributed by atoms with Gasteiger partial charge in [0.25, 0.3) is 5.56 Å². The molecule has 0 aliphatic rings. The molecule has 1 aromatic carbocycles. The molecular weight excluding hydrogens is 218 g/mol. The summed E-state index contributed by atoms with van der Waals surface area (Å²) in [5.74, 6) is 0. The van der Waals surface area contributed by atoms with Crippen molar-refractivity contribution in [2.45, 2.75) is 0 Å². The maximum Gasteiger partial charge on any atom is 0.280 e. The van der Waals surface area contributed by atoms with Gasteiger partial charge in [-0.15, -0.1) is 5.10 Å². The molecule has 0 bridgehead atoms. The highest BCUT2D eigenvalue weighted by atomic mass is 16.1. The maximum absolute atomic E-state index is 11.8. The fraction of sp³-hybridized carbons (Fsp3) is 0.0909. The Morgan fingerprint density at radius 1 is 1.18 bits per heavy atom. The third-order valence-corrected chi connectivity index (χ3v) is 2.54. The fourth-order valence-corrected chi connectivity index (χ4v) is 1.67. The lowest BCUT2D eigenvalue weighted by Gasteiger charge is -2.01. The van der Waals surface area contributed by atoms with Crippen LogP contribution in [0.2, 0.25) is 0 Å². The van der Waals surface area contributed by atoms with Crippen molar-refractivity contribution >= 4 is 11.0 Å². The second kappa shape index (κ2) is 3.51. The van der Waals surface area contributed by atoms with Gasteiger partial charge in [0.1, 0.15) is 5.39 Å². The first-order valence-electron chi connectivity index (χ1n) is 5.10. The largest absolute Gasteiger partial charge is 0.280 e. The minimum Gasteiger partial charge on any atom is -0.267 e. The second-order valence-electron chi connectivity index (χ2n) is 3.65. The van der Waals surface area contributed by atoms with Crippen molar-refractivity contribution in [3.63, 3.8) is 0 Å². The van der Waals surface area contributed by atoms with E-state index in [0.717, 1.165) is 5.69 Å². The molecule has 0 saturated carbocycles. The molecule has 3 aromatic rings. The summed E-state index contributed by atoms with van der Waals surface area (Å²) in [6.07, 6.45) is 1.51. The topological polar surface area (TPSA) is 65.6 Å². The number of rotatable bonds is 1. The highest BCUT2D eigenvalue weighted by Gasteiger charge is 2.10. The Balaban J connectivity index is 2.34. The van der Waals surface area contributed by atoms with Crippen LogP contribution in [0, 0.1) is 0 Å². The van der Waals surface area contributed by atoms with E-state index in [-0.39, 0.29) is 5.56 Å². The molecule has 6 heteroatoms. The molecule has 0 aliphatic carbocycles. The molecule has 0 atom stereocenters. The molecule has 0 fully saturated rings. The van der Waals surface area contributed by atoms with Gasteiger partial charge < -0.3 is 0 Å². The standard InChI is InChI=1S/C11H9N5O/c1-15-11(17)9-7-12-16(10(9)13-14-15)8-5-3-2-4-6-8/h2-7H,1H3. The number of fused-ring (bicyclic) bond motifs is 1. The summed E-state index contributed by atoms with van der Waals surface area (Å²) in [5, 5.41) is 12.4. The quantitative estimate of drug-likeness (QED) is 0.607. The number of aryl methyl sites for hydroxylation is 1. The monoisotopic (exact) mass is 227 g/mol. The number of benzene rings is 1. The van der Waals surface area contributed by atoms with Crippen LogP contribution in [0.5, 0.6) is 0 Å². The van der Waals surface area contributed by atoms with Gasteiger partial charge in [0, 0.05) is 7.05 Å². The van der Waals surface area contributed by atoms with Gasteiger partial charge >= 0.3 is 0 Å². The highest BCUT2D eigenvalue weighted by Crippen LogP contribution is 2.11. The lowest BCUT2D eigenvalue weighted by atomic mass is 10.3. The Hall–Kier alpha value is -2.50. The molecule has 0 amide bonds. The highest BCUT2D eigenvalue weighted by molar-refractivity contribution is 5.74. The fourth-order valence-electron chi connectivity index (χ4n) is 1.67. The maximum atomic E-state index is 11.8. The van der Waals surface area contributed by atoms with Gasteiger partial charge in [0.05, 0.1) is 11.9 Å². The first-order chi connectivity index (χ1) is 8.27. The molecule has 3 rings (SSSR count).